The van der Waals surface area contributed by atoms with Gasteiger partial charge in [-0.05, 0) is 35.7 Å². The molecule has 3 aromatic rings. The van der Waals surface area contributed by atoms with Gasteiger partial charge in [-0.2, -0.15) is 0 Å². The lowest BCUT2D eigenvalue weighted by atomic mass is 10.0. The number of nitrogens with zero attached hydrogens (tertiary/aromatic N) is 4. The van der Waals surface area contributed by atoms with Crippen LogP contribution in [0.5, 0.6) is 5.75 Å². The topological polar surface area (TPSA) is 90.8 Å². The van der Waals surface area contributed by atoms with Crippen molar-refractivity contribution in [1.29, 1.82) is 0 Å². The second-order valence-electron chi connectivity index (χ2n) is 9.12. The summed E-state index contributed by atoms with van der Waals surface area (Å²) in [5, 5.41) is 13.9. The molecule has 8 nitrogen and oxygen atoms in total. The smallest absolute Gasteiger partial charge is 0.328 e. The molecule has 0 spiro atoms. The number of benzene rings is 2. The minimum Gasteiger partial charge on any atom is -0.508 e. The molecule has 1 atom stereocenters. The lowest BCUT2D eigenvalue weighted by molar-refractivity contribution is -0.142. The van der Waals surface area contributed by atoms with Crippen molar-refractivity contribution in [3.63, 3.8) is 0 Å². The molecule has 0 unspecified atom stereocenters. The third-order valence-corrected chi connectivity index (χ3v) is 6.21. The number of ether oxygens (including phenoxy) is 1. The molecule has 1 aliphatic heterocycles. The van der Waals surface area contributed by atoms with Gasteiger partial charge in [0, 0.05) is 38.1 Å². The van der Waals surface area contributed by atoms with Gasteiger partial charge in [0.15, 0.2) is 0 Å². The maximum Gasteiger partial charge on any atom is 0.328 e. The first-order chi connectivity index (χ1) is 16.4. The van der Waals surface area contributed by atoms with Gasteiger partial charge in [0.2, 0.25) is 0 Å². The van der Waals surface area contributed by atoms with E-state index in [1.54, 1.807) is 6.07 Å². The Hall–Kier alpha value is -3.23. The van der Waals surface area contributed by atoms with Crippen LogP contribution in [0.25, 0.3) is 10.9 Å². The van der Waals surface area contributed by atoms with Gasteiger partial charge in [-0.1, -0.05) is 38.1 Å². The van der Waals surface area contributed by atoms with E-state index >= 15 is 0 Å². The standard InChI is InChI=1S/C26H33N5O3/c1-18(2)24(26(33)34-3)29-25-21-9-4-5-10-22(21)27-23(28-25)17-31-13-11-30(12-14-31)16-19-7-6-8-20(32)15-19/h4-10,15,18,24,32H,11-14,16-17H2,1-3H3,(H,27,28,29)/t24-/m0/s1. The number of nitrogens with one attached hydrogen (secondary N) is 1. The fourth-order valence-electron chi connectivity index (χ4n) is 4.30. The maximum absolute atomic E-state index is 12.3. The molecule has 180 valence electrons. The number of hydrogen-bond acceptors (Lipinski definition) is 8. The zero-order chi connectivity index (χ0) is 24.1. The van der Waals surface area contributed by atoms with Crippen LogP contribution >= 0.6 is 0 Å². The molecule has 4 rings (SSSR count). The number of phenolic OH excluding ortho intramolecular Hbond substituents is 1. The number of fused-ring (bicyclic) bond motifs is 1. The molecule has 0 bridgehead atoms. The van der Waals surface area contributed by atoms with Crippen LogP contribution in [0, 0.1) is 5.92 Å². The quantitative estimate of drug-likeness (QED) is 0.492. The Balaban J connectivity index is 1.46. The number of carbonyl (C=O) groups is 1. The van der Waals surface area contributed by atoms with E-state index in [2.05, 4.69) is 15.1 Å². The van der Waals surface area contributed by atoms with E-state index in [1.165, 1.54) is 7.11 Å². The van der Waals surface area contributed by atoms with E-state index in [4.69, 9.17) is 14.7 Å². The summed E-state index contributed by atoms with van der Waals surface area (Å²) >= 11 is 0. The van der Waals surface area contributed by atoms with E-state index < -0.39 is 6.04 Å². The van der Waals surface area contributed by atoms with Crippen molar-refractivity contribution in [2.24, 2.45) is 5.92 Å². The van der Waals surface area contributed by atoms with Gasteiger partial charge in [0.1, 0.15) is 23.4 Å². The molecule has 8 heteroatoms. The SMILES string of the molecule is COC(=O)[C@@H](Nc1nc(CN2CCN(Cc3cccc(O)c3)CC2)nc2ccccc12)C(C)C. The summed E-state index contributed by atoms with van der Waals surface area (Å²) in [5.41, 5.74) is 1.97. The molecule has 1 aromatic heterocycles. The highest BCUT2D eigenvalue weighted by molar-refractivity contribution is 5.91. The lowest BCUT2D eigenvalue weighted by Gasteiger charge is -2.34. The highest BCUT2D eigenvalue weighted by Crippen LogP contribution is 2.23. The zero-order valence-electron chi connectivity index (χ0n) is 20.1. The first-order valence-electron chi connectivity index (χ1n) is 11.8. The number of phenols is 1. The highest BCUT2D eigenvalue weighted by Gasteiger charge is 2.25. The van der Waals surface area contributed by atoms with E-state index in [-0.39, 0.29) is 11.9 Å². The van der Waals surface area contributed by atoms with Crippen molar-refractivity contribution >= 4 is 22.7 Å². The number of aromatic nitrogens is 2. The Kier molecular flexibility index (Phi) is 7.59. The third-order valence-electron chi connectivity index (χ3n) is 6.21. The number of piperazine rings is 1. The molecular weight excluding hydrogens is 430 g/mol. The molecule has 1 saturated heterocycles. The maximum atomic E-state index is 12.3. The number of carbonyl (C=O) groups excluding carboxylic acids is 1. The van der Waals surface area contributed by atoms with E-state index in [0.29, 0.717) is 18.1 Å². The summed E-state index contributed by atoms with van der Waals surface area (Å²) in [6.07, 6.45) is 0. The van der Waals surface area contributed by atoms with Crippen LogP contribution in [0.15, 0.2) is 48.5 Å². The van der Waals surface area contributed by atoms with Gasteiger partial charge in [-0.25, -0.2) is 14.8 Å². The lowest BCUT2D eigenvalue weighted by Crippen LogP contribution is -2.45. The van der Waals surface area contributed by atoms with Gasteiger partial charge >= 0.3 is 5.97 Å². The van der Waals surface area contributed by atoms with Crippen molar-refractivity contribution in [2.75, 3.05) is 38.6 Å². The summed E-state index contributed by atoms with van der Waals surface area (Å²) < 4.78 is 5.00. The van der Waals surface area contributed by atoms with Gasteiger partial charge in [0.25, 0.3) is 0 Å². The Bertz CT molecular complexity index is 1130. The molecule has 1 aliphatic rings. The summed E-state index contributed by atoms with van der Waals surface area (Å²) in [7, 11) is 1.41. The molecule has 0 aliphatic carbocycles. The van der Waals surface area contributed by atoms with Crippen LogP contribution in [0.3, 0.4) is 0 Å². The first kappa shape index (κ1) is 23.9. The Morgan fingerprint density at radius 3 is 2.41 bits per heavy atom. The molecule has 0 radical (unpaired) electrons. The number of para-hydroxylation sites is 1. The average molecular weight is 464 g/mol. The number of rotatable bonds is 8. The van der Waals surface area contributed by atoms with Crippen LogP contribution in [0.2, 0.25) is 0 Å². The number of esters is 1. The normalized spacial score (nSPS) is 16.0. The van der Waals surface area contributed by atoms with Crippen molar-refractivity contribution in [2.45, 2.75) is 33.0 Å². The zero-order valence-corrected chi connectivity index (χ0v) is 20.1. The fraction of sp³-hybridized carbons (Fsp3) is 0.423. The van der Waals surface area contributed by atoms with E-state index in [0.717, 1.165) is 55.0 Å². The summed E-state index contributed by atoms with van der Waals surface area (Å²) in [6.45, 7) is 9.13. The van der Waals surface area contributed by atoms with E-state index in [1.807, 2.05) is 56.3 Å². The first-order valence-corrected chi connectivity index (χ1v) is 11.8. The molecule has 34 heavy (non-hydrogen) atoms. The van der Waals surface area contributed by atoms with Crippen LogP contribution in [-0.2, 0) is 22.6 Å². The number of anilines is 1. The predicted octanol–water partition coefficient (Wildman–Crippen LogP) is 3.26. The molecule has 1 fully saturated rings. The molecule has 2 N–H and O–H groups in total. The van der Waals surface area contributed by atoms with Gasteiger partial charge in [-0.3, -0.25) is 9.80 Å². The number of aromatic hydroxyl groups is 1. The summed E-state index contributed by atoms with van der Waals surface area (Å²) in [4.78, 5) is 26.7. The Morgan fingerprint density at radius 2 is 1.74 bits per heavy atom. The van der Waals surface area contributed by atoms with Gasteiger partial charge in [0.05, 0.1) is 19.2 Å². The minimum absolute atomic E-state index is 0.0456. The van der Waals surface area contributed by atoms with Crippen molar-refractivity contribution < 1.29 is 14.6 Å². The number of methoxy groups -OCH3 is 1. The summed E-state index contributed by atoms with van der Waals surface area (Å²) in [5.74, 6) is 1.44. The van der Waals surface area contributed by atoms with Crippen LogP contribution < -0.4 is 5.32 Å². The Labute approximate surface area is 200 Å². The van der Waals surface area contributed by atoms with Crippen LogP contribution in [0.4, 0.5) is 5.82 Å². The number of hydrogen-bond donors (Lipinski definition) is 2. The van der Waals surface area contributed by atoms with Crippen molar-refractivity contribution in [3.05, 3.63) is 59.9 Å². The molecule has 0 amide bonds. The second-order valence-corrected chi connectivity index (χ2v) is 9.12. The molecular formula is C26H33N5O3. The van der Waals surface area contributed by atoms with Gasteiger partial charge < -0.3 is 15.2 Å². The third kappa shape index (κ3) is 5.81. The van der Waals surface area contributed by atoms with Crippen LogP contribution in [-0.4, -0.2) is 70.2 Å². The highest BCUT2D eigenvalue weighted by atomic mass is 16.5. The molecule has 2 aromatic carbocycles. The van der Waals surface area contributed by atoms with Gasteiger partial charge in [-0.15, -0.1) is 0 Å². The Morgan fingerprint density at radius 1 is 1.03 bits per heavy atom. The summed E-state index contributed by atoms with van der Waals surface area (Å²) in [6, 6.07) is 14.8. The molecule has 2 heterocycles. The van der Waals surface area contributed by atoms with Crippen molar-refractivity contribution in [3.8, 4) is 5.75 Å². The second kappa shape index (κ2) is 10.8. The minimum atomic E-state index is -0.489. The van der Waals surface area contributed by atoms with Crippen LogP contribution in [0.1, 0.15) is 25.2 Å². The fourth-order valence-corrected chi connectivity index (χ4v) is 4.30. The largest absolute Gasteiger partial charge is 0.508 e. The average Bonchev–Trinajstić information content (AvgIpc) is 2.83. The van der Waals surface area contributed by atoms with Crippen molar-refractivity contribution in [1.82, 2.24) is 19.8 Å². The monoisotopic (exact) mass is 463 g/mol. The molecule has 0 saturated carbocycles. The predicted molar refractivity (Wildman–Crippen MR) is 132 cm³/mol. The van der Waals surface area contributed by atoms with E-state index in [9.17, 15) is 9.90 Å².